The lowest BCUT2D eigenvalue weighted by molar-refractivity contribution is 0.501. The van der Waals surface area contributed by atoms with E-state index < -0.39 is 11.6 Å². The maximum absolute atomic E-state index is 13.4. The molecule has 0 amide bonds. The number of benzene rings is 1. The summed E-state index contributed by atoms with van der Waals surface area (Å²) in [6.07, 6.45) is 7.87. The van der Waals surface area contributed by atoms with Gasteiger partial charge in [-0.25, -0.2) is 13.8 Å². The van der Waals surface area contributed by atoms with Crippen LogP contribution in [0.4, 0.5) is 8.78 Å². The molecule has 0 fully saturated rings. The first-order valence-electron chi connectivity index (χ1n) is 6.20. The van der Waals surface area contributed by atoms with E-state index in [4.69, 9.17) is 0 Å². The zero-order valence-electron chi connectivity index (χ0n) is 10.1. The molecule has 19 heavy (non-hydrogen) atoms. The quantitative estimate of drug-likeness (QED) is 0.740. The van der Waals surface area contributed by atoms with Crippen LogP contribution in [-0.4, -0.2) is 9.55 Å². The van der Waals surface area contributed by atoms with Crippen LogP contribution in [-0.2, 0) is 0 Å². The van der Waals surface area contributed by atoms with E-state index in [9.17, 15) is 13.6 Å². The molecule has 2 aromatic rings. The van der Waals surface area contributed by atoms with Crippen molar-refractivity contribution >= 4 is 11.0 Å². The molecule has 98 valence electrons. The molecular formula is C14H12F2N2O. The standard InChI is InChI=1S/C14H12F2N2O/c15-10-6-12-13(7-11(10)16)18(14(19)8-17-12)9-4-2-1-3-5-9/h2,4,6-9H,1,3,5H2. The third-order valence-corrected chi connectivity index (χ3v) is 3.39. The third kappa shape index (κ3) is 2.05. The van der Waals surface area contributed by atoms with Crippen molar-refractivity contribution < 1.29 is 8.78 Å². The van der Waals surface area contributed by atoms with Crippen molar-refractivity contribution in [3.8, 4) is 0 Å². The average Bonchev–Trinajstić information content (AvgIpc) is 2.42. The topological polar surface area (TPSA) is 34.9 Å². The second-order valence-corrected chi connectivity index (χ2v) is 4.65. The molecule has 0 spiro atoms. The Morgan fingerprint density at radius 3 is 2.79 bits per heavy atom. The van der Waals surface area contributed by atoms with Crippen LogP contribution in [0.2, 0.25) is 0 Å². The fourth-order valence-corrected chi connectivity index (χ4v) is 2.48. The number of rotatable bonds is 1. The summed E-state index contributed by atoms with van der Waals surface area (Å²) in [7, 11) is 0. The summed E-state index contributed by atoms with van der Waals surface area (Å²) >= 11 is 0. The minimum Gasteiger partial charge on any atom is -0.298 e. The van der Waals surface area contributed by atoms with Gasteiger partial charge in [-0.15, -0.1) is 0 Å². The van der Waals surface area contributed by atoms with E-state index in [1.807, 2.05) is 12.2 Å². The van der Waals surface area contributed by atoms with Gasteiger partial charge in [-0.2, -0.15) is 0 Å². The van der Waals surface area contributed by atoms with Crippen molar-refractivity contribution in [3.05, 3.63) is 52.5 Å². The van der Waals surface area contributed by atoms with E-state index in [0.717, 1.165) is 37.6 Å². The van der Waals surface area contributed by atoms with Crippen LogP contribution in [0.25, 0.3) is 11.0 Å². The molecule has 0 N–H and O–H groups in total. The monoisotopic (exact) mass is 262 g/mol. The lowest BCUT2D eigenvalue weighted by atomic mass is 10.0. The van der Waals surface area contributed by atoms with Crippen molar-refractivity contribution in [2.24, 2.45) is 0 Å². The number of fused-ring (bicyclic) bond motifs is 1. The number of allylic oxidation sites excluding steroid dienone is 2. The Hall–Kier alpha value is -2.04. The van der Waals surface area contributed by atoms with E-state index in [2.05, 4.69) is 4.98 Å². The van der Waals surface area contributed by atoms with Gasteiger partial charge in [0.05, 0.1) is 23.3 Å². The number of hydrogen-bond acceptors (Lipinski definition) is 2. The van der Waals surface area contributed by atoms with Gasteiger partial charge in [-0.3, -0.25) is 9.36 Å². The second-order valence-electron chi connectivity index (χ2n) is 4.65. The van der Waals surface area contributed by atoms with Gasteiger partial charge < -0.3 is 0 Å². The summed E-state index contributed by atoms with van der Waals surface area (Å²) in [6.45, 7) is 0. The molecule has 1 aliphatic carbocycles. The van der Waals surface area contributed by atoms with Crippen LogP contribution in [0.3, 0.4) is 0 Å². The maximum Gasteiger partial charge on any atom is 0.270 e. The second kappa shape index (κ2) is 4.57. The molecule has 1 aliphatic rings. The summed E-state index contributed by atoms with van der Waals surface area (Å²) in [5, 5.41) is 0. The smallest absolute Gasteiger partial charge is 0.270 e. The van der Waals surface area contributed by atoms with Crippen molar-refractivity contribution in [1.82, 2.24) is 9.55 Å². The number of hydrogen-bond donors (Lipinski definition) is 0. The largest absolute Gasteiger partial charge is 0.298 e. The Morgan fingerprint density at radius 1 is 1.26 bits per heavy atom. The van der Waals surface area contributed by atoms with Gasteiger partial charge >= 0.3 is 0 Å². The first-order chi connectivity index (χ1) is 9.16. The van der Waals surface area contributed by atoms with E-state index in [1.54, 1.807) is 0 Å². The molecule has 0 radical (unpaired) electrons. The SMILES string of the molecule is O=c1cnc2cc(F)c(F)cc2n1C1C=CCCC1. The molecular weight excluding hydrogens is 250 g/mol. The Kier molecular flexibility index (Phi) is 2.89. The lowest BCUT2D eigenvalue weighted by Gasteiger charge is -2.21. The van der Waals surface area contributed by atoms with Crippen molar-refractivity contribution in [2.45, 2.75) is 25.3 Å². The van der Waals surface area contributed by atoms with Crippen molar-refractivity contribution in [3.63, 3.8) is 0 Å². The van der Waals surface area contributed by atoms with Crippen LogP contribution >= 0.6 is 0 Å². The maximum atomic E-state index is 13.4. The molecule has 1 aromatic heterocycles. The zero-order chi connectivity index (χ0) is 13.4. The highest BCUT2D eigenvalue weighted by Crippen LogP contribution is 2.25. The van der Waals surface area contributed by atoms with Gasteiger partial charge in [0.25, 0.3) is 5.56 Å². The van der Waals surface area contributed by atoms with Gasteiger partial charge in [-0.1, -0.05) is 12.2 Å². The van der Waals surface area contributed by atoms with Crippen LogP contribution in [0, 0.1) is 11.6 Å². The highest BCUT2D eigenvalue weighted by atomic mass is 19.2. The lowest BCUT2D eigenvalue weighted by Crippen LogP contribution is -2.25. The molecule has 3 nitrogen and oxygen atoms in total. The van der Waals surface area contributed by atoms with E-state index in [0.29, 0.717) is 5.52 Å². The van der Waals surface area contributed by atoms with Crippen LogP contribution < -0.4 is 5.56 Å². The average molecular weight is 262 g/mol. The van der Waals surface area contributed by atoms with E-state index in [-0.39, 0.29) is 17.1 Å². The molecule has 1 unspecified atom stereocenters. The van der Waals surface area contributed by atoms with Gasteiger partial charge in [0.15, 0.2) is 11.6 Å². The molecule has 0 aliphatic heterocycles. The van der Waals surface area contributed by atoms with Gasteiger partial charge in [0.1, 0.15) is 0 Å². The Balaban J connectivity index is 2.29. The Morgan fingerprint density at radius 2 is 2.05 bits per heavy atom. The van der Waals surface area contributed by atoms with Crippen molar-refractivity contribution in [2.75, 3.05) is 0 Å². The summed E-state index contributed by atoms with van der Waals surface area (Å²) in [6, 6.07) is 1.95. The van der Waals surface area contributed by atoms with Gasteiger partial charge in [-0.05, 0) is 19.3 Å². The van der Waals surface area contributed by atoms with Gasteiger partial charge in [0.2, 0.25) is 0 Å². The van der Waals surface area contributed by atoms with Crippen LogP contribution in [0.1, 0.15) is 25.3 Å². The molecule has 0 saturated carbocycles. The zero-order valence-corrected chi connectivity index (χ0v) is 10.1. The Bertz CT molecular complexity index is 721. The molecule has 1 aromatic carbocycles. The van der Waals surface area contributed by atoms with E-state index >= 15 is 0 Å². The van der Waals surface area contributed by atoms with Crippen molar-refractivity contribution in [1.29, 1.82) is 0 Å². The number of nitrogens with zero attached hydrogens (tertiary/aromatic N) is 2. The molecule has 1 atom stereocenters. The first-order valence-corrected chi connectivity index (χ1v) is 6.20. The normalized spacial score (nSPS) is 18.9. The highest BCUT2D eigenvalue weighted by molar-refractivity contribution is 5.74. The molecule has 1 heterocycles. The van der Waals surface area contributed by atoms with Gasteiger partial charge in [0, 0.05) is 12.1 Å². The predicted molar refractivity (Wildman–Crippen MR) is 67.9 cm³/mol. The molecule has 0 bridgehead atoms. The fraction of sp³-hybridized carbons (Fsp3) is 0.286. The molecule has 5 heteroatoms. The summed E-state index contributed by atoms with van der Waals surface area (Å²) in [5.41, 5.74) is 0.329. The van der Waals surface area contributed by atoms with E-state index in [1.165, 1.54) is 4.57 Å². The summed E-state index contributed by atoms with van der Waals surface area (Å²) < 4.78 is 28.1. The first kappa shape index (κ1) is 12.0. The molecule has 0 saturated heterocycles. The summed E-state index contributed by atoms with van der Waals surface area (Å²) in [4.78, 5) is 15.9. The van der Waals surface area contributed by atoms with Crippen LogP contribution in [0.15, 0.2) is 35.3 Å². The minimum absolute atomic E-state index is 0.114. The molecule has 3 rings (SSSR count). The highest BCUT2D eigenvalue weighted by Gasteiger charge is 2.16. The third-order valence-electron chi connectivity index (χ3n) is 3.39. The predicted octanol–water partition coefficient (Wildman–Crippen LogP) is 2.96. The fourth-order valence-electron chi connectivity index (χ4n) is 2.48. The minimum atomic E-state index is -0.964. The Labute approximate surface area is 108 Å². The number of aromatic nitrogens is 2. The van der Waals surface area contributed by atoms with Crippen LogP contribution in [0.5, 0.6) is 0 Å². The summed E-state index contributed by atoms with van der Waals surface area (Å²) in [5.74, 6) is -1.92. The number of halogens is 2.